The Bertz CT molecular complexity index is 274. The molecule has 3 N–H and O–H groups in total. The molecule has 0 saturated carbocycles. The molecule has 1 aliphatic heterocycles. The standard InChI is InChI=1S/C10H19N3O3/c1-7(8(14)12-9(15)11-3)13-10(2)4-5-16-6-10/h7,13H,4-6H2,1-3H3,(H2,11,12,14,15). The SMILES string of the molecule is CNC(=O)NC(=O)C(C)NC1(C)CCOC1. The Morgan fingerprint density at radius 1 is 1.44 bits per heavy atom. The first-order valence-corrected chi connectivity index (χ1v) is 5.35. The lowest BCUT2D eigenvalue weighted by Gasteiger charge is -2.27. The number of hydrogen-bond acceptors (Lipinski definition) is 4. The Labute approximate surface area is 95.1 Å². The Hall–Kier alpha value is -1.14. The number of hydrogen-bond donors (Lipinski definition) is 3. The third-order valence-corrected chi connectivity index (χ3v) is 2.64. The molecule has 6 nitrogen and oxygen atoms in total. The molecule has 0 aromatic heterocycles. The first kappa shape index (κ1) is 12.9. The van der Waals surface area contributed by atoms with Gasteiger partial charge in [-0.05, 0) is 20.3 Å². The summed E-state index contributed by atoms with van der Waals surface area (Å²) in [6.45, 7) is 5.02. The summed E-state index contributed by atoms with van der Waals surface area (Å²) in [5.41, 5.74) is -0.181. The van der Waals surface area contributed by atoms with Gasteiger partial charge in [0.1, 0.15) is 0 Å². The van der Waals surface area contributed by atoms with Crippen molar-refractivity contribution in [1.82, 2.24) is 16.0 Å². The zero-order valence-electron chi connectivity index (χ0n) is 9.92. The van der Waals surface area contributed by atoms with Crippen molar-refractivity contribution in [3.05, 3.63) is 0 Å². The zero-order valence-corrected chi connectivity index (χ0v) is 9.92. The zero-order chi connectivity index (χ0) is 12.2. The smallest absolute Gasteiger partial charge is 0.321 e. The minimum absolute atomic E-state index is 0.181. The summed E-state index contributed by atoms with van der Waals surface area (Å²) in [7, 11) is 1.47. The number of ether oxygens (including phenoxy) is 1. The van der Waals surface area contributed by atoms with Crippen molar-refractivity contribution >= 4 is 11.9 Å². The number of carbonyl (C=O) groups excluding carboxylic acids is 2. The lowest BCUT2D eigenvalue weighted by atomic mass is 10.0. The largest absolute Gasteiger partial charge is 0.379 e. The van der Waals surface area contributed by atoms with Crippen molar-refractivity contribution < 1.29 is 14.3 Å². The highest BCUT2D eigenvalue weighted by atomic mass is 16.5. The fourth-order valence-electron chi connectivity index (χ4n) is 1.65. The Balaban J connectivity index is 2.42. The maximum atomic E-state index is 11.6. The second-order valence-corrected chi connectivity index (χ2v) is 4.30. The summed E-state index contributed by atoms with van der Waals surface area (Å²) >= 11 is 0. The van der Waals surface area contributed by atoms with Gasteiger partial charge in [-0.2, -0.15) is 0 Å². The molecule has 1 rings (SSSR count). The van der Waals surface area contributed by atoms with Crippen molar-refractivity contribution in [1.29, 1.82) is 0 Å². The molecule has 3 amide bonds. The molecule has 2 unspecified atom stereocenters. The average Bonchev–Trinajstić information content (AvgIpc) is 2.64. The van der Waals surface area contributed by atoms with Crippen LogP contribution in [0, 0.1) is 0 Å². The van der Waals surface area contributed by atoms with E-state index in [1.54, 1.807) is 6.92 Å². The average molecular weight is 229 g/mol. The Kier molecular flexibility index (Phi) is 4.26. The van der Waals surface area contributed by atoms with Crippen LogP contribution in [-0.2, 0) is 9.53 Å². The molecule has 0 radical (unpaired) electrons. The fourth-order valence-corrected chi connectivity index (χ4v) is 1.65. The second-order valence-electron chi connectivity index (χ2n) is 4.30. The van der Waals surface area contributed by atoms with Gasteiger partial charge in [-0.1, -0.05) is 0 Å². The van der Waals surface area contributed by atoms with Crippen LogP contribution in [-0.4, -0.2) is 43.8 Å². The van der Waals surface area contributed by atoms with E-state index in [-0.39, 0.29) is 11.4 Å². The van der Waals surface area contributed by atoms with Gasteiger partial charge in [0.05, 0.1) is 12.6 Å². The first-order chi connectivity index (χ1) is 7.47. The molecule has 1 fully saturated rings. The van der Waals surface area contributed by atoms with Crippen molar-refractivity contribution in [3.8, 4) is 0 Å². The van der Waals surface area contributed by atoms with Gasteiger partial charge in [0, 0.05) is 19.2 Å². The van der Waals surface area contributed by atoms with Crippen LogP contribution in [0.1, 0.15) is 20.3 Å². The minimum atomic E-state index is -0.494. The monoisotopic (exact) mass is 229 g/mol. The molecule has 0 aromatic rings. The van der Waals surface area contributed by atoms with E-state index in [9.17, 15) is 9.59 Å². The summed E-state index contributed by atoms with van der Waals surface area (Å²) in [5, 5.41) is 7.73. The van der Waals surface area contributed by atoms with Crippen molar-refractivity contribution in [3.63, 3.8) is 0 Å². The van der Waals surface area contributed by atoms with E-state index >= 15 is 0 Å². The fraction of sp³-hybridized carbons (Fsp3) is 0.800. The van der Waals surface area contributed by atoms with Crippen LogP contribution in [0.3, 0.4) is 0 Å². The molecule has 0 aliphatic carbocycles. The normalized spacial score (nSPS) is 26.2. The third-order valence-electron chi connectivity index (χ3n) is 2.64. The van der Waals surface area contributed by atoms with Crippen molar-refractivity contribution in [2.24, 2.45) is 0 Å². The van der Waals surface area contributed by atoms with E-state index in [0.29, 0.717) is 13.2 Å². The van der Waals surface area contributed by atoms with E-state index in [4.69, 9.17) is 4.74 Å². The van der Waals surface area contributed by atoms with Crippen LogP contribution >= 0.6 is 0 Å². The number of rotatable bonds is 3. The minimum Gasteiger partial charge on any atom is -0.379 e. The summed E-state index contributed by atoms with van der Waals surface area (Å²) in [6, 6.07) is -0.921. The van der Waals surface area contributed by atoms with Crippen molar-refractivity contribution in [2.45, 2.75) is 31.8 Å². The van der Waals surface area contributed by atoms with E-state index in [1.165, 1.54) is 7.05 Å². The number of imide groups is 1. The molecule has 1 saturated heterocycles. The van der Waals surface area contributed by atoms with Crippen LogP contribution in [0.4, 0.5) is 4.79 Å². The summed E-state index contributed by atoms with van der Waals surface area (Å²) < 4.78 is 5.27. The number of amides is 3. The molecule has 1 aliphatic rings. The molecule has 16 heavy (non-hydrogen) atoms. The van der Waals surface area contributed by atoms with Gasteiger partial charge in [-0.25, -0.2) is 4.79 Å². The highest BCUT2D eigenvalue weighted by Gasteiger charge is 2.32. The van der Waals surface area contributed by atoms with Gasteiger partial charge < -0.3 is 10.1 Å². The van der Waals surface area contributed by atoms with E-state index in [1.807, 2.05) is 6.92 Å². The maximum absolute atomic E-state index is 11.6. The van der Waals surface area contributed by atoms with Crippen LogP contribution < -0.4 is 16.0 Å². The Morgan fingerprint density at radius 2 is 2.12 bits per heavy atom. The quantitative estimate of drug-likeness (QED) is 0.615. The van der Waals surface area contributed by atoms with Crippen LogP contribution in [0.2, 0.25) is 0 Å². The summed E-state index contributed by atoms with van der Waals surface area (Å²) in [4.78, 5) is 22.5. The Morgan fingerprint density at radius 3 is 2.62 bits per heavy atom. The number of carbonyl (C=O) groups is 2. The van der Waals surface area contributed by atoms with Crippen LogP contribution in [0.25, 0.3) is 0 Å². The van der Waals surface area contributed by atoms with Gasteiger partial charge in [-0.15, -0.1) is 0 Å². The van der Waals surface area contributed by atoms with Crippen LogP contribution in [0.5, 0.6) is 0 Å². The molecule has 2 atom stereocenters. The maximum Gasteiger partial charge on any atom is 0.321 e. The molecule has 92 valence electrons. The van der Waals surface area contributed by atoms with E-state index in [2.05, 4.69) is 16.0 Å². The first-order valence-electron chi connectivity index (χ1n) is 5.35. The highest BCUT2D eigenvalue weighted by molar-refractivity contribution is 5.96. The lowest BCUT2D eigenvalue weighted by Crippen LogP contribution is -2.55. The number of urea groups is 1. The molecule has 0 bridgehead atoms. The second kappa shape index (κ2) is 5.27. The molecule has 6 heteroatoms. The van der Waals surface area contributed by atoms with Gasteiger partial charge in [-0.3, -0.25) is 15.4 Å². The van der Waals surface area contributed by atoms with Gasteiger partial charge in [0.2, 0.25) is 5.91 Å². The van der Waals surface area contributed by atoms with Crippen molar-refractivity contribution in [2.75, 3.05) is 20.3 Å². The lowest BCUT2D eigenvalue weighted by molar-refractivity contribution is -0.122. The summed E-state index contributed by atoms with van der Waals surface area (Å²) in [5.74, 6) is -0.340. The van der Waals surface area contributed by atoms with Gasteiger partial charge >= 0.3 is 6.03 Å². The topological polar surface area (TPSA) is 79.5 Å². The van der Waals surface area contributed by atoms with E-state index < -0.39 is 12.1 Å². The predicted molar refractivity (Wildman–Crippen MR) is 59.0 cm³/mol. The number of nitrogens with one attached hydrogen (secondary N) is 3. The molecule has 0 aromatic carbocycles. The molecule has 0 spiro atoms. The predicted octanol–water partition coefficient (Wildman–Crippen LogP) is -0.401. The molecular formula is C10H19N3O3. The molecule has 1 heterocycles. The highest BCUT2D eigenvalue weighted by Crippen LogP contribution is 2.18. The van der Waals surface area contributed by atoms with E-state index in [0.717, 1.165) is 6.42 Å². The van der Waals surface area contributed by atoms with Gasteiger partial charge in [0.25, 0.3) is 0 Å². The van der Waals surface area contributed by atoms with Crippen LogP contribution in [0.15, 0.2) is 0 Å². The molecular weight excluding hydrogens is 210 g/mol. The van der Waals surface area contributed by atoms with Gasteiger partial charge in [0.15, 0.2) is 0 Å². The third kappa shape index (κ3) is 3.46. The summed E-state index contributed by atoms with van der Waals surface area (Å²) in [6.07, 6.45) is 0.866.